The third kappa shape index (κ3) is 3.52. The molecule has 0 spiro atoms. The molecule has 3 nitrogen and oxygen atoms in total. The van der Waals surface area contributed by atoms with Crippen molar-refractivity contribution in [3.05, 3.63) is 105 Å². The van der Waals surface area contributed by atoms with Crippen molar-refractivity contribution in [2.45, 2.75) is 0 Å². The van der Waals surface area contributed by atoms with E-state index in [2.05, 4.69) is 4.98 Å². The van der Waals surface area contributed by atoms with Gasteiger partial charge in [-0.2, -0.15) is 0 Å². The molecule has 4 rings (SSSR count). The zero-order valence-corrected chi connectivity index (χ0v) is 15.7. The molecule has 1 heterocycles. The van der Waals surface area contributed by atoms with Crippen LogP contribution in [-0.4, -0.2) is 9.55 Å². The second-order valence-electron chi connectivity index (χ2n) is 5.96. The van der Waals surface area contributed by atoms with E-state index in [1.807, 2.05) is 54.6 Å². The van der Waals surface area contributed by atoms with Gasteiger partial charge in [-0.05, 0) is 54.1 Å². The van der Waals surface area contributed by atoms with Gasteiger partial charge in [0, 0.05) is 10.0 Å². The molecule has 0 saturated carbocycles. The second kappa shape index (κ2) is 7.39. The normalized spacial score (nSPS) is 11.3. The van der Waals surface area contributed by atoms with Gasteiger partial charge in [0.05, 0.1) is 16.6 Å². The SMILES string of the molecule is O=c1c2ccccc2nc(/C=C/c2ccccc2Cl)n1-c1cccc(Cl)c1. The Bertz CT molecular complexity index is 1230. The first-order valence-electron chi connectivity index (χ1n) is 8.34. The van der Waals surface area contributed by atoms with Crippen molar-refractivity contribution in [3.8, 4) is 5.69 Å². The van der Waals surface area contributed by atoms with E-state index in [4.69, 9.17) is 23.2 Å². The average Bonchev–Trinajstić information content (AvgIpc) is 2.67. The molecule has 27 heavy (non-hydrogen) atoms. The summed E-state index contributed by atoms with van der Waals surface area (Å²) in [6, 6.07) is 21.9. The van der Waals surface area contributed by atoms with Crippen molar-refractivity contribution >= 4 is 46.3 Å². The minimum atomic E-state index is -0.151. The Kier molecular flexibility index (Phi) is 4.80. The highest BCUT2D eigenvalue weighted by molar-refractivity contribution is 6.32. The lowest BCUT2D eigenvalue weighted by atomic mass is 10.2. The lowest BCUT2D eigenvalue weighted by Gasteiger charge is -2.11. The van der Waals surface area contributed by atoms with Crippen LogP contribution in [-0.2, 0) is 0 Å². The van der Waals surface area contributed by atoms with Crippen LogP contribution in [0.3, 0.4) is 0 Å². The van der Waals surface area contributed by atoms with E-state index in [1.54, 1.807) is 34.9 Å². The van der Waals surface area contributed by atoms with Crippen LogP contribution in [0.5, 0.6) is 0 Å². The number of para-hydroxylation sites is 1. The summed E-state index contributed by atoms with van der Waals surface area (Å²) in [7, 11) is 0. The van der Waals surface area contributed by atoms with Gasteiger partial charge in [0.15, 0.2) is 0 Å². The van der Waals surface area contributed by atoms with Gasteiger partial charge in [-0.1, -0.05) is 59.6 Å². The molecule has 4 aromatic rings. The predicted molar refractivity (Wildman–Crippen MR) is 113 cm³/mol. The van der Waals surface area contributed by atoms with E-state index in [0.29, 0.717) is 32.5 Å². The number of hydrogen-bond acceptors (Lipinski definition) is 2. The van der Waals surface area contributed by atoms with Crippen LogP contribution in [0.25, 0.3) is 28.7 Å². The molecule has 0 aliphatic carbocycles. The van der Waals surface area contributed by atoms with Gasteiger partial charge >= 0.3 is 0 Å². The average molecular weight is 393 g/mol. The fourth-order valence-electron chi connectivity index (χ4n) is 2.90. The molecule has 3 aromatic carbocycles. The monoisotopic (exact) mass is 392 g/mol. The van der Waals surface area contributed by atoms with Gasteiger partial charge in [-0.25, -0.2) is 4.98 Å². The lowest BCUT2D eigenvalue weighted by Crippen LogP contribution is -2.22. The summed E-state index contributed by atoms with van der Waals surface area (Å²) in [5, 5.41) is 1.73. The third-order valence-corrected chi connectivity index (χ3v) is 4.76. The molecule has 0 aliphatic heterocycles. The number of aromatic nitrogens is 2. The van der Waals surface area contributed by atoms with Gasteiger partial charge in [0.2, 0.25) is 0 Å². The Hall–Kier alpha value is -2.88. The Morgan fingerprint density at radius 1 is 0.852 bits per heavy atom. The van der Waals surface area contributed by atoms with Gasteiger partial charge in [-0.3, -0.25) is 9.36 Å². The number of halogens is 2. The van der Waals surface area contributed by atoms with Gasteiger partial charge in [0.25, 0.3) is 5.56 Å². The topological polar surface area (TPSA) is 34.9 Å². The Balaban J connectivity index is 1.97. The summed E-state index contributed by atoms with van der Waals surface area (Å²) >= 11 is 12.4. The predicted octanol–water partition coefficient (Wildman–Crippen LogP) is 5.86. The summed E-state index contributed by atoms with van der Waals surface area (Å²) < 4.78 is 1.56. The highest BCUT2D eigenvalue weighted by atomic mass is 35.5. The highest BCUT2D eigenvalue weighted by Crippen LogP contribution is 2.20. The van der Waals surface area contributed by atoms with Crippen molar-refractivity contribution in [2.24, 2.45) is 0 Å². The van der Waals surface area contributed by atoms with Gasteiger partial charge in [-0.15, -0.1) is 0 Å². The summed E-state index contributed by atoms with van der Waals surface area (Å²) in [4.78, 5) is 17.8. The molecule has 0 radical (unpaired) electrons. The lowest BCUT2D eigenvalue weighted by molar-refractivity contribution is 0.944. The van der Waals surface area contributed by atoms with Crippen LogP contribution in [0.2, 0.25) is 10.0 Å². The van der Waals surface area contributed by atoms with E-state index in [9.17, 15) is 4.79 Å². The molecule has 5 heteroatoms. The summed E-state index contributed by atoms with van der Waals surface area (Å²) in [6.45, 7) is 0. The number of rotatable bonds is 3. The Labute approximate surface area is 166 Å². The van der Waals surface area contributed by atoms with Gasteiger partial charge < -0.3 is 0 Å². The molecular weight excluding hydrogens is 379 g/mol. The largest absolute Gasteiger partial charge is 0.268 e. The van der Waals surface area contributed by atoms with E-state index < -0.39 is 0 Å². The van der Waals surface area contributed by atoms with Crippen LogP contribution >= 0.6 is 23.2 Å². The van der Waals surface area contributed by atoms with Crippen molar-refractivity contribution < 1.29 is 0 Å². The fraction of sp³-hybridized carbons (Fsp3) is 0. The summed E-state index contributed by atoms with van der Waals surface area (Å²) in [5.41, 5.74) is 1.99. The molecule has 1 aromatic heterocycles. The summed E-state index contributed by atoms with van der Waals surface area (Å²) in [5.74, 6) is 0.501. The maximum atomic E-state index is 13.2. The van der Waals surface area contributed by atoms with E-state index in [-0.39, 0.29) is 5.56 Å². The van der Waals surface area contributed by atoms with Crippen molar-refractivity contribution in [3.63, 3.8) is 0 Å². The Morgan fingerprint density at radius 3 is 2.44 bits per heavy atom. The number of benzene rings is 3. The van der Waals surface area contributed by atoms with Crippen molar-refractivity contribution in [1.29, 1.82) is 0 Å². The molecule has 0 atom stereocenters. The Morgan fingerprint density at radius 2 is 1.63 bits per heavy atom. The van der Waals surface area contributed by atoms with Crippen molar-refractivity contribution in [1.82, 2.24) is 9.55 Å². The van der Waals surface area contributed by atoms with E-state index in [1.165, 1.54) is 0 Å². The number of hydrogen-bond donors (Lipinski definition) is 0. The maximum Gasteiger partial charge on any atom is 0.266 e. The fourth-order valence-corrected chi connectivity index (χ4v) is 3.28. The molecule has 0 unspecified atom stereocenters. The van der Waals surface area contributed by atoms with Crippen LogP contribution in [0, 0.1) is 0 Å². The molecule has 0 fully saturated rings. The van der Waals surface area contributed by atoms with E-state index in [0.717, 1.165) is 5.56 Å². The van der Waals surface area contributed by atoms with Gasteiger partial charge in [0.1, 0.15) is 5.82 Å². The molecule has 0 N–H and O–H groups in total. The number of nitrogens with zero attached hydrogens (tertiary/aromatic N) is 2. The molecule has 0 aliphatic rings. The first-order chi connectivity index (χ1) is 13.1. The first kappa shape index (κ1) is 17.5. The molecule has 132 valence electrons. The van der Waals surface area contributed by atoms with Crippen molar-refractivity contribution in [2.75, 3.05) is 0 Å². The molecule has 0 amide bonds. The number of fused-ring (bicyclic) bond motifs is 1. The molecular formula is C22H14Cl2N2O. The standard InChI is InChI=1S/C22H14Cl2N2O/c23-16-7-5-8-17(14-16)26-21(13-12-15-6-1-3-10-19(15)24)25-20-11-4-2-9-18(20)22(26)27/h1-14H/b13-12+. The highest BCUT2D eigenvalue weighted by Gasteiger charge is 2.11. The third-order valence-electron chi connectivity index (χ3n) is 4.19. The van der Waals surface area contributed by atoms with Crippen LogP contribution in [0.15, 0.2) is 77.6 Å². The van der Waals surface area contributed by atoms with Crippen LogP contribution < -0.4 is 5.56 Å². The molecule has 0 saturated heterocycles. The summed E-state index contributed by atoms with van der Waals surface area (Å²) in [6.07, 6.45) is 3.63. The first-order valence-corrected chi connectivity index (χ1v) is 9.09. The van der Waals surface area contributed by atoms with E-state index >= 15 is 0 Å². The molecule has 0 bridgehead atoms. The van der Waals surface area contributed by atoms with Crippen LogP contribution in [0.4, 0.5) is 0 Å². The quantitative estimate of drug-likeness (QED) is 0.437. The minimum Gasteiger partial charge on any atom is -0.268 e. The maximum absolute atomic E-state index is 13.2. The zero-order chi connectivity index (χ0) is 18.8. The smallest absolute Gasteiger partial charge is 0.266 e. The minimum absolute atomic E-state index is 0.151. The second-order valence-corrected chi connectivity index (χ2v) is 6.81. The van der Waals surface area contributed by atoms with Crippen LogP contribution in [0.1, 0.15) is 11.4 Å². The zero-order valence-electron chi connectivity index (χ0n) is 14.1.